The van der Waals surface area contributed by atoms with Crippen molar-refractivity contribution in [3.63, 3.8) is 0 Å². The third-order valence-corrected chi connectivity index (χ3v) is 5.54. The summed E-state index contributed by atoms with van der Waals surface area (Å²) in [5.41, 5.74) is 1.64. The smallest absolute Gasteiger partial charge is 0.307 e. The molecule has 0 saturated heterocycles. The molecule has 0 aromatic heterocycles. The number of rotatable bonds is 9. The molecule has 0 fully saturated rings. The first kappa shape index (κ1) is 26.4. The van der Waals surface area contributed by atoms with Crippen molar-refractivity contribution >= 4 is 41.0 Å². The van der Waals surface area contributed by atoms with Gasteiger partial charge in [-0.05, 0) is 37.6 Å². The molecule has 0 bridgehead atoms. The summed E-state index contributed by atoms with van der Waals surface area (Å²) in [6.45, 7) is 4.53. The lowest BCUT2D eigenvalue weighted by molar-refractivity contribution is -0.143. The van der Waals surface area contributed by atoms with E-state index in [2.05, 4.69) is 16.0 Å². The standard InChI is InChI=1S/C26H30N4O6/c1-4-36-24(33)12-16(2)27-23(32)15-30-22(13-18-8-6-5-7-9-18)25(34)29-21-11-10-19(28-17(3)31)14-20(21)26(30)35/h5-11,14,16,22H,4,12-13,15H2,1-3H3,(H,27,32)(H,28,31)(H,29,34)/t16-,22-/m0/s1. The minimum Gasteiger partial charge on any atom is -0.466 e. The van der Waals surface area contributed by atoms with Crippen LogP contribution < -0.4 is 16.0 Å². The van der Waals surface area contributed by atoms with E-state index in [-0.39, 0.29) is 36.6 Å². The number of hydrogen-bond acceptors (Lipinski definition) is 6. The van der Waals surface area contributed by atoms with Gasteiger partial charge in [0.2, 0.25) is 17.7 Å². The van der Waals surface area contributed by atoms with Gasteiger partial charge in [0.1, 0.15) is 12.6 Å². The Balaban J connectivity index is 1.89. The van der Waals surface area contributed by atoms with Crippen molar-refractivity contribution < 1.29 is 28.7 Å². The zero-order chi connectivity index (χ0) is 26.2. The fourth-order valence-electron chi connectivity index (χ4n) is 3.98. The van der Waals surface area contributed by atoms with Crippen molar-refractivity contribution in [2.75, 3.05) is 23.8 Å². The van der Waals surface area contributed by atoms with Crippen LogP contribution in [0.25, 0.3) is 0 Å². The number of esters is 1. The predicted octanol–water partition coefficient (Wildman–Crippen LogP) is 2.11. The highest BCUT2D eigenvalue weighted by atomic mass is 16.5. The van der Waals surface area contributed by atoms with Crippen molar-refractivity contribution in [2.45, 2.75) is 45.7 Å². The van der Waals surface area contributed by atoms with E-state index in [1.165, 1.54) is 17.9 Å². The molecule has 0 saturated carbocycles. The zero-order valence-electron chi connectivity index (χ0n) is 20.5. The van der Waals surface area contributed by atoms with Gasteiger partial charge in [-0.15, -0.1) is 0 Å². The number of benzene rings is 2. The molecule has 0 unspecified atom stereocenters. The SMILES string of the molecule is CCOC(=O)C[C@H](C)NC(=O)CN1C(=O)c2cc(NC(C)=O)ccc2NC(=O)[C@@H]1Cc1ccccc1. The normalized spacial score (nSPS) is 15.8. The number of nitrogens with one attached hydrogen (secondary N) is 3. The Hall–Kier alpha value is -4.21. The Labute approximate surface area is 209 Å². The maximum absolute atomic E-state index is 13.7. The molecular formula is C26H30N4O6. The number of amides is 4. The molecule has 0 radical (unpaired) electrons. The lowest BCUT2D eigenvalue weighted by Crippen LogP contribution is -2.51. The largest absolute Gasteiger partial charge is 0.466 e. The van der Waals surface area contributed by atoms with Crippen LogP contribution in [-0.4, -0.2) is 59.7 Å². The minimum absolute atomic E-state index is 0.0234. The molecule has 4 amide bonds. The molecular weight excluding hydrogens is 464 g/mol. The first-order valence-electron chi connectivity index (χ1n) is 11.7. The Morgan fingerprint density at radius 2 is 1.83 bits per heavy atom. The summed E-state index contributed by atoms with van der Waals surface area (Å²) in [6.07, 6.45) is 0.168. The number of carbonyl (C=O) groups is 5. The second-order valence-electron chi connectivity index (χ2n) is 8.55. The molecule has 1 aliphatic heterocycles. The number of carbonyl (C=O) groups excluding carboxylic acids is 5. The van der Waals surface area contributed by atoms with Gasteiger partial charge in [0, 0.05) is 25.1 Å². The number of nitrogens with zero attached hydrogens (tertiary/aromatic N) is 1. The molecule has 10 heteroatoms. The molecule has 3 rings (SSSR count). The summed E-state index contributed by atoms with van der Waals surface area (Å²) in [7, 11) is 0. The number of fused-ring (bicyclic) bond motifs is 1. The molecule has 36 heavy (non-hydrogen) atoms. The summed E-state index contributed by atoms with van der Waals surface area (Å²) in [5.74, 6) is -2.26. The van der Waals surface area contributed by atoms with E-state index >= 15 is 0 Å². The fraction of sp³-hybridized carbons (Fsp3) is 0.346. The maximum atomic E-state index is 13.7. The summed E-state index contributed by atoms with van der Waals surface area (Å²) < 4.78 is 4.92. The first-order valence-corrected chi connectivity index (χ1v) is 11.7. The van der Waals surface area contributed by atoms with E-state index in [0.29, 0.717) is 5.69 Å². The van der Waals surface area contributed by atoms with Gasteiger partial charge in [-0.3, -0.25) is 24.0 Å². The summed E-state index contributed by atoms with van der Waals surface area (Å²) in [5, 5.41) is 8.10. The predicted molar refractivity (Wildman–Crippen MR) is 133 cm³/mol. The van der Waals surface area contributed by atoms with Crippen LogP contribution in [0, 0.1) is 0 Å². The van der Waals surface area contributed by atoms with Gasteiger partial charge in [-0.1, -0.05) is 30.3 Å². The molecule has 3 N–H and O–H groups in total. The van der Waals surface area contributed by atoms with Crippen LogP contribution in [0.2, 0.25) is 0 Å². The highest BCUT2D eigenvalue weighted by Gasteiger charge is 2.37. The van der Waals surface area contributed by atoms with Gasteiger partial charge in [-0.2, -0.15) is 0 Å². The van der Waals surface area contributed by atoms with E-state index in [4.69, 9.17) is 4.74 Å². The fourth-order valence-corrected chi connectivity index (χ4v) is 3.98. The van der Waals surface area contributed by atoms with Gasteiger partial charge in [-0.25, -0.2) is 0 Å². The molecule has 2 aromatic carbocycles. The average molecular weight is 495 g/mol. The second kappa shape index (κ2) is 12.0. The van der Waals surface area contributed by atoms with Crippen LogP contribution in [0.1, 0.15) is 43.1 Å². The average Bonchev–Trinajstić information content (AvgIpc) is 2.90. The van der Waals surface area contributed by atoms with Gasteiger partial charge in [0.15, 0.2) is 0 Å². The van der Waals surface area contributed by atoms with Crippen molar-refractivity contribution in [3.8, 4) is 0 Å². The summed E-state index contributed by atoms with van der Waals surface area (Å²) in [6, 6.07) is 12.3. The third-order valence-electron chi connectivity index (χ3n) is 5.54. The number of ether oxygens (including phenoxy) is 1. The monoisotopic (exact) mass is 494 g/mol. The molecule has 1 heterocycles. The Morgan fingerprint density at radius 1 is 1.11 bits per heavy atom. The number of hydrogen-bond donors (Lipinski definition) is 3. The second-order valence-corrected chi connectivity index (χ2v) is 8.55. The zero-order valence-corrected chi connectivity index (χ0v) is 20.5. The Morgan fingerprint density at radius 3 is 2.50 bits per heavy atom. The van der Waals surface area contributed by atoms with Crippen LogP contribution in [0.5, 0.6) is 0 Å². The van der Waals surface area contributed by atoms with Crippen LogP contribution in [-0.2, 0) is 30.3 Å². The van der Waals surface area contributed by atoms with Gasteiger partial charge in [0.25, 0.3) is 5.91 Å². The first-order chi connectivity index (χ1) is 17.2. The topological polar surface area (TPSA) is 134 Å². The molecule has 190 valence electrons. The van der Waals surface area contributed by atoms with Gasteiger partial charge >= 0.3 is 5.97 Å². The molecule has 10 nitrogen and oxygen atoms in total. The quantitative estimate of drug-likeness (QED) is 0.457. The Kier molecular flexibility index (Phi) is 8.77. The molecule has 1 aliphatic rings. The van der Waals surface area contributed by atoms with Gasteiger partial charge < -0.3 is 25.6 Å². The minimum atomic E-state index is -0.970. The number of anilines is 2. The third kappa shape index (κ3) is 6.91. The van der Waals surface area contributed by atoms with Crippen LogP contribution >= 0.6 is 0 Å². The lowest BCUT2D eigenvalue weighted by atomic mass is 10.0. The van der Waals surface area contributed by atoms with Crippen LogP contribution in [0.3, 0.4) is 0 Å². The van der Waals surface area contributed by atoms with E-state index in [0.717, 1.165) is 5.56 Å². The van der Waals surface area contributed by atoms with Crippen LogP contribution in [0.4, 0.5) is 11.4 Å². The van der Waals surface area contributed by atoms with E-state index in [1.54, 1.807) is 26.0 Å². The highest BCUT2D eigenvalue weighted by molar-refractivity contribution is 6.11. The van der Waals surface area contributed by atoms with E-state index < -0.39 is 42.3 Å². The van der Waals surface area contributed by atoms with E-state index in [9.17, 15) is 24.0 Å². The summed E-state index contributed by atoms with van der Waals surface area (Å²) >= 11 is 0. The molecule has 0 spiro atoms. The van der Waals surface area contributed by atoms with E-state index in [1.807, 2.05) is 30.3 Å². The lowest BCUT2D eigenvalue weighted by Gasteiger charge is -2.29. The van der Waals surface area contributed by atoms with Crippen LogP contribution in [0.15, 0.2) is 48.5 Å². The van der Waals surface area contributed by atoms with Crippen molar-refractivity contribution in [3.05, 3.63) is 59.7 Å². The maximum Gasteiger partial charge on any atom is 0.307 e. The molecule has 0 aliphatic carbocycles. The van der Waals surface area contributed by atoms with Crippen molar-refractivity contribution in [1.82, 2.24) is 10.2 Å². The highest BCUT2D eigenvalue weighted by Crippen LogP contribution is 2.27. The summed E-state index contributed by atoms with van der Waals surface area (Å²) in [4.78, 5) is 64.3. The van der Waals surface area contributed by atoms with Crippen molar-refractivity contribution in [1.29, 1.82) is 0 Å². The van der Waals surface area contributed by atoms with Gasteiger partial charge in [0.05, 0.1) is 24.3 Å². The van der Waals surface area contributed by atoms with Crippen molar-refractivity contribution in [2.24, 2.45) is 0 Å². The Bertz CT molecular complexity index is 1150. The molecule has 2 aromatic rings. The molecule has 2 atom stereocenters.